The molecule has 0 amide bonds. The molecule has 0 atom stereocenters. The van der Waals surface area contributed by atoms with Crippen LogP contribution in [0.5, 0.6) is 5.75 Å². The summed E-state index contributed by atoms with van der Waals surface area (Å²) < 4.78 is 35.1. The monoisotopic (exact) mass is 448 g/mol. The summed E-state index contributed by atoms with van der Waals surface area (Å²) in [4.78, 5) is -0.0318. The minimum Gasteiger partial charge on any atom is -0.489 e. The van der Waals surface area contributed by atoms with Crippen molar-refractivity contribution in [3.8, 4) is 5.75 Å². The average molecular weight is 449 g/mol. The summed E-state index contributed by atoms with van der Waals surface area (Å²) in [6.45, 7) is 7.47. The predicted octanol–water partition coefficient (Wildman–Crippen LogP) is 4.20. The van der Waals surface area contributed by atoms with Crippen molar-refractivity contribution in [3.63, 3.8) is 0 Å². The molecule has 9 heteroatoms. The van der Waals surface area contributed by atoms with E-state index in [1.807, 2.05) is 43.5 Å². The van der Waals surface area contributed by atoms with Gasteiger partial charge in [0.1, 0.15) is 18.7 Å². The first-order valence-electron chi connectivity index (χ1n) is 9.55. The van der Waals surface area contributed by atoms with Gasteiger partial charge >= 0.3 is 0 Å². The van der Waals surface area contributed by atoms with Gasteiger partial charge in [0.05, 0.1) is 11.4 Å². The Bertz CT molecular complexity index is 1040. The van der Waals surface area contributed by atoms with Crippen molar-refractivity contribution < 1.29 is 13.2 Å². The van der Waals surface area contributed by atoms with E-state index in [4.69, 9.17) is 16.3 Å². The molecule has 0 bridgehead atoms. The van der Waals surface area contributed by atoms with Crippen molar-refractivity contribution in [1.29, 1.82) is 0 Å². The van der Waals surface area contributed by atoms with Crippen LogP contribution in [-0.4, -0.2) is 44.2 Å². The molecule has 3 rings (SSSR count). The molecule has 2 aromatic rings. The molecule has 0 fully saturated rings. The highest BCUT2D eigenvalue weighted by atomic mass is 35.5. The molecule has 0 saturated heterocycles. The average Bonchev–Trinajstić information content (AvgIpc) is 3.07. The van der Waals surface area contributed by atoms with Crippen LogP contribution in [-0.2, 0) is 16.6 Å². The van der Waals surface area contributed by atoms with Crippen LogP contribution in [0.4, 0.5) is 0 Å². The van der Waals surface area contributed by atoms with Crippen molar-refractivity contribution in [1.82, 2.24) is 10.1 Å². The van der Waals surface area contributed by atoms with Gasteiger partial charge in [-0.05, 0) is 24.6 Å². The Morgan fingerprint density at radius 3 is 2.63 bits per heavy atom. The van der Waals surface area contributed by atoms with Gasteiger partial charge in [0.25, 0.3) is 10.0 Å². The standard InChI is InChI=1S/C21H25ClN4O3S/c1-4-25(26-15-21(2,3)14-23-26)16-24-30(27,28)20-11-18(22)10-19(12-20)29-13-17-8-6-5-7-9-17/h5-12,14,16H,4,13,15H2,1-3H3. The van der Waals surface area contributed by atoms with Gasteiger partial charge in [-0.25, -0.2) is 5.12 Å². The Morgan fingerprint density at radius 2 is 2.00 bits per heavy atom. The van der Waals surface area contributed by atoms with Crippen molar-refractivity contribution in [2.75, 3.05) is 13.1 Å². The molecule has 0 N–H and O–H groups in total. The summed E-state index contributed by atoms with van der Waals surface area (Å²) in [5, 5.41) is 7.93. The predicted molar refractivity (Wildman–Crippen MR) is 119 cm³/mol. The van der Waals surface area contributed by atoms with E-state index >= 15 is 0 Å². The summed E-state index contributed by atoms with van der Waals surface area (Å²) in [7, 11) is -3.97. The van der Waals surface area contributed by atoms with Crippen LogP contribution in [0.3, 0.4) is 0 Å². The minimum atomic E-state index is -3.97. The molecular formula is C21H25ClN4O3S. The largest absolute Gasteiger partial charge is 0.489 e. The fraction of sp³-hybridized carbons (Fsp3) is 0.333. The first-order chi connectivity index (χ1) is 14.2. The minimum absolute atomic E-state index is 0.0318. The first-order valence-corrected chi connectivity index (χ1v) is 11.4. The van der Waals surface area contributed by atoms with Crippen molar-refractivity contribution >= 4 is 34.2 Å². The smallest absolute Gasteiger partial charge is 0.283 e. The highest BCUT2D eigenvalue weighted by Crippen LogP contribution is 2.26. The molecule has 0 aliphatic carbocycles. The lowest BCUT2D eigenvalue weighted by Crippen LogP contribution is -2.39. The lowest BCUT2D eigenvalue weighted by Gasteiger charge is -2.28. The maximum Gasteiger partial charge on any atom is 0.283 e. The highest BCUT2D eigenvalue weighted by molar-refractivity contribution is 7.90. The first kappa shape index (κ1) is 22.1. The van der Waals surface area contributed by atoms with Gasteiger partial charge in [-0.1, -0.05) is 55.8 Å². The summed E-state index contributed by atoms with van der Waals surface area (Å²) in [5.74, 6) is 0.360. The molecule has 0 unspecified atom stereocenters. The number of hydrogen-bond acceptors (Lipinski definition) is 5. The third kappa shape index (κ3) is 5.73. The molecule has 0 saturated carbocycles. The second-order valence-corrected chi connectivity index (χ2v) is 9.68. The summed E-state index contributed by atoms with van der Waals surface area (Å²) in [6, 6.07) is 13.9. The van der Waals surface area contributed by atoms with Gasteiger partial charge in [-0.15, -0.1) is 4.40 Å². The number of nitrogens with zero attached hydrogens (tertiary/aromatic N) is 4. The van der Waals surface area contributed by atoms with Gasteiger partial charge in [0.15, 0.2) is 0 Å². The maximum absolute atomic E-state index is 12.8. The normalized spacial score (nSPS) is 15.7. The summed E-state index contributed by atoms with van der Waals surface area (Å²) in [5.41, 5.74) is 0.880. The number of benzene rings is 2. The van der Waals surface area contributed by atoms with E-state index in [0.29, 0.717) is 25.4 Å². The zero-order valence-electron chi connectivity index (χ0n) is 17.2. The van der Waals surface area contributed by atoms with Gasteiger partial charge in [0, 0.05) is 29.3 Å². The van der Waals surface area contributed by atoms with E-state index in [1.165, 1.54) is 18.5 Å². The van der Waals surface area contributed by atoms with Crippen LogP contribution >= 0.6 is 11.6 Å². The number of rotatable bonds is 8. The van der Waals surface area contributed by atoms with Crippen molar-refractivity contribution in [2.45, 2.75) is 32.3 Å². The van der Waals surface area contributed by atoms with Gasteiger partial charge in [-0.2, -0.15) is 13.5 Å². The van der Waals surface area contributed by atoms with Crippen molar-refractivity contribution in [2.24, 2.45) is 14.9 Å². The fourth-order valence-electron chi connectivity index (χ4n) is 2.82. The second-order valence-electron chi connectivity index (χ2n) is 7.61. The van der Waals surface area contributed by atoms with Crippen LogP contribution in [0, 0.1) is 5.41 Å². The number of sulfonamides is 1. The van der Waals surface area contributed by atoms with Gasteiger partial charge in [-0.3, -0.25) is 5.01 Å². The van der Waals surface area contributed by atoms with Crippen LogP contribution in [0.2, 0.25) is 5.02 Å². The van der Waals surface area contributed by atoms with Crippen LogP contribution in [0.1, 0.15) is 26.3 Å². The second kappa shape index (κ2) is 9.06. The molecule has 1 aliphatic rings. The fourth-order valence-corrected chi connectivity index (χ4v) is 4.00. The van der Waals surface area contributed by atoms with Gasteiger partial charge in [0.2, 0.25) is 0 Å². The maximum atomic E-state index is 12.8. The third-order valence-corrected chi connectivity index (χ3v) is 5.84. The van der Waals surface area contributed by atoms with E-state index in [2.05, 4.69) is 23.3 Å². The molecule has 2 aromatic carbocycles. The van der Waals surface area contributed by atoms with E-state index in [9.17, 15) is 8.42 Å². The number of ether oxygens (including phenoxy) is 1. The van der Waals surface area contributed by atoms with Crippen LogP contribution < -0.4 is 4.74 Å². The zero-order chi connectivity index (χ0) is 21.8. The van der Waals surface area contributed by atoms with Gasteiger partial charge < -0.3 is 4.74 Å². The highest BCUT2D eigenvalue weighted by Gasteiger charge is 2.27. The van der Waals surface area contributed by atoms with E-state index in [-0.39, 0.29) is 15.3 Å². The third-order valence-electron chi connectivity index (χ3n) is 4.42. The molecule has 1 aliphatic heterocycles. The Morgan fingerprint density at radius 1 is 1.27 bits per heavy atom. The number of halogens is 1. The molecule has 30 heavy (non-hydrogen) atoms. The quantitative estimate of drug-likeness (QED) is 0.447. The molecule has 7 nitrogen and oxygen atoms in total. The SMILES string of the molecule is CCN(C=NS(=O)(=O)c1cc(Cl)cc(OCc2ccccc2)c1)N1CC(C)(C)C=N1. The van der Waals surface area contributed by atoms with Crippen LogP contribution in [0.25, 0.3) is 0 Å². The van der Waals surface area contributed by atoms with Crippen molar-refractivity contribution in [3.05, 3.63) is 59.1 Å². The summed E-state index contributed by atoms with van der Waals surface area (Å²) in [6.07, 6.45) is 3.12. The number of hydrazine groups is 1. The number of hydrazone groups is 1. The van der Waals surface area contributed by atoms with Crippen LogP contribution in [0.15, 0.2) is 62.9 Å². The Kier molecular flexibility index (Phi) is 6.67. The Labute approximate surface area is 182 Å². The van der Waals surface area contributed by atoms with E-state index in [1.54, 1.807) is 16.2 Å². The molecule has 0 radical (unpaired) electrons. The van der Waals surface area contributed by atoms with E-state index < -0.39 is 10.0 Å². The van der Waals surface area contributed by atoms with E-state index in [0.717, 1.165) is 5.56 Å². The molecule has 0 spiro atoms. The Balaban J connectivity index is 1.75. The molecule has 1 heterocycles. The lowest BCUT2D eigenvalue weighted by molar-refractivity contribution is 0.0545. The topological polar surface area (TPSA) is 74.6 Å². The lowest BCUT2D eigenvalue weighted by atomic mass is 9.97. The zero-order valence-corrected chi connectivity index (χ0v) is 18.8. The summed E-state index contributed by atoms with van der Waals surface area (Å²) >= 11 is 6.13. The Hall–Kier alpha value is -2.58. The molecule has 0 aromatic heterocycles. The number of hydrogen-bond donors (Lipinski definition) is 0. The molecule has 160 valence electrons. The molecular weight excluding hydrogens is 424 g/mol.